The van der Waals surface area contributed by atoms with Gasteiger partial charge in [0.05, 0.1) is 11.6 Å². The molecule has 0 bridgehead atoms. The van der Waals surface area contributed by atoms with Crippen LogP contribution in [0.25, 0.3) is 11.4 Å². The summed E-state index contributed by atoms with van der Waals surface area (Å²) in [5.41, 5.74) is 2.02. The van der Waals surface area contributed by atoms with Gasteiger partial charge in [0.15, 0.2) is 11.9 Å². The first-order valence-electron chi connectivity index (χ1n) is 9.13. The molecule has 0 spiro atoms. The van der Waals surface area contributed by atoms with Gasteiger partial charge >= 0.3 is 0 Å². The van der Waals surface area contributed by atoms with Crippen molar-refractivity contribution in [3.8, 4) is 23.2 Å². The van der Waals surface area contributed by atoms with E-state index >= 15 is 0 Å². The van der Waals surface area contributed by atoms with Crippen molar-refractivity contribution in [1.29, 1.82) is 5.26 Å². The molecule has 7 nitrogen and oxygen atoms in total. The standard InChI is InChI=1S/C21H19N5O2/c1-13(28-18-9-5-14(12-22)6-10-18)21(27)23-17-4-2-3-16(11-17)20-24-19(25-26-20)15-7-8-15/h2-6,9-11,13,15H,7-8H2,1H3,(H,23,27)(H,24,25,26). The van der Waals surface area contributed by atoms with Gasteiger partial charge in [0.2, 0.25) is 0 Å². The van der Waals surface area contributed by atoms with Gasteiger partial charge < -0.3 is 10.1 Å². The Morgan fingerprint density at radius 2 is 2.07 bits per heavy atom. The van der Waals surface area contributed by atoms with E-state index in [2.05, 4.69) is 20.5 Å². The number of carbonyl (C=O) groups is 1. The number of hydrogen-bond donors (Lipinski definition) is 2. The SMILES string of the molecule is CC(Oc1ccc(C#N)cc1)C(=O)Nc1cccc(-c2n[nH]c(C3CC3)n2)c1. The van der Waals surface area contributed by atoms with Gasteiger partial charge in [0, 0.05) is 17.2 Å². The van der Waals surface area contributed by atoms with Gasteiger partial charge in [-0.15, -0.1) is 0 Å². The lowest BCUT2D eigenvalue weighted by Gasteiger charge is -2.15. The average molecular weight is 373 g/mol. The van der Waals surface area contributed by atoms with Crippen molar-refractivity contribution in [2.45, 2.75) is 31.8 Å². The molecule has 0 saturated heterocycles. The zero-order chi connectivity index (χ0) is 19.5. The minimum atomic E-state index is -0.693. The molecule has 4 rings (SSSR count). The number of hydrogen-bond acceptors (Lipinski definition) is 5. The van der Waals surface area contributed by atoms with E-state index in [1.54, 1.807) is 31.2 Å². The third kappa shape index (κ3) is 4.01. The molecule has 1 aromatic heterocycles. The van der Waals surface area contributed by atoms with E-state index in [-0.39, 0.29) is 5.91 Å². The van der Waals surface area contributed by atoms with E-state index < -0.39 is 6.10 Å². The van der Waals surface area contributed by atoms with E-state index in [4.69, 9.17) is 10.00 Å². The summed E-state index contributed by atoms with van der Waals surface area (Å²) in [5.74, 6) is 2.32. The predicted octanol–water partition coefficient (Wildman–Crippen LogP) is 3.63. The minimum absolute atomic E-state index is 0.268. The molecule has 0 radical (unpaired) electrons. The van der Waals surface area contributed by atoms with Crippen LogP contribution in [-0.2, 0) is 4.79 Å². The van der Waals surface area contributed by atoms with E-state index in [1.807, 2.05) is 30.3 Å². The van der Waals surface area contributed by atoms with Gasteiger partial charge in [-0.05, 0) is 56.2 Å². The van der Waals surface area contributed by atoms with Gasteiger partial charge in [-0.3, -0.25) is 9.89 Å². The normalized spacial score (nSPS) is 14.1. The molecule has 1 unspecified atom stereocenters. The largest absolute Gasteiger partial charge is 0.481 e. The molecule has 1 atom stereocenters. The van der Waals surface area contributed by atoms with Crippen LogP contribution < -0.4 is 10.1 Å². The molecule has 1 aliphatic carbocycles. The maximum absolute atomic E-state index is 12.5. The van der Waals surface area contributed by atoms with Crippen molar-refractivity contribution in [3.63, 3.8) is 0 Å². The zero-order valence-corrected chi connectivity index (χ0v) is 15.3. The third-order valence-corrected chi connectivity index (χ3v) is 4.52. The van der Waals surface area contributed by atoms with Crippen LogP contribution in [0.3, 0.4) is 0 Å². The highest BCUT2D eigenvalue weighted by molar-refractivity contribution is 5.94. The Hall–Kier alpha value is -3.66. The number of nitriles is 1. The molecular weight excluding hydrogens is 354 g/mol. The summed E-state index contributed by atoms with van der Waals surface area (Å²) in [6, 6.07) is 16.1. The second-order valence-corrected chi connectivity index (χ2v) is 6.78. The van der Waals surface area contributed by atoms with Crippen LogP contribution in [0.4, 0.5) is 5.69 Å². The number of carbonyl (C=O) groups excluding carboxylic acids is 1. The highest BCUT2D eigenvalue weighted by atomic mass is 16.5. The fourth-order valence-corrected chi connectivity index (χ4v) is 2.79. The third-order valence-electron chi connectivity index (χ3n) is 4.52. The van der Waals surface area contributed by atoms with Crippen molar-refractivity contribution in [1.82, 2.24) is 15.2 Å². The fraction of sp³-hybridized carbons (Fsp3) is 0.238. The first kappa shape index (κ1) is 17.7. The number of nitrogens with zero attached hydrogens (tertiary/aromatic N) is 3. The number of H-pyrrole nitrogens is 1. The Morgan fingerprint density at radius 1 is 1.29 bits per heavy atom. The van der Waals surface area contributed by atoms with Crippen LogP contribution in [-0.4, -0.2) is 27.2 Å². The minimum Gasteiger partial charge on any atom is -0.481 e. The number of aromatic nitrogens is 3. The molecule has 0 aliphatic heterocycles. The summed E-state index contributed by atoms with van der Waals surface area (Å²) in [7, 11) is 0. The summed E-state index contributed by atoms with van der Waals surface area (Å²) in [5, 5.41) is 19.0. The van der Waals surface area contributed by atoms with Gasteiger partial charge in [0.25, 0.3) is 5.91 Å². The van der Waals surface area contributed by atoms with E-state index in [0.717, 1.165) is 24.2 Å². The molecule has 1 aliphatic rings. The Balaban J connectivity index is 1.41. The van der Waals surface area contributed by atoms with Crippen LogP contribution in [0.2, 0.25) is 0 Å². The summed E-state index contributed by atoms with van der Waals surface area (Å²) < 4.78 is 5.65. The second kappa shape index (κ2) is 7.53. The highest BCUT2D eigenvalue weighted by Gasteiger charge is 2.27. The second-order valence-electron chi connectivity index (χ2n) is 6.78. The molecule has 1 heterocycles. The maximum Gasteiger partial charge on any atom is 0.265 e. The van der Waals surface area contributed by atoms with Crippen molar-refractivity contribution < 1.29 is 9.53 Å². The monoisotopic (exact) mass is 373 g/mol. The fourth-order valence-electron chi connectivity index (χ4n) is 2.79. The first-order valence-corrected chi connectivity index (χ1v) is 9.13. The van der Waals surface area contributed by atoms with Gasteiger partial charge in [-0.25, -0.2) is 4.98 Å². The van der Waals surface area contributed by atoms with E-state index in [0.29, 0.717) is 28.7 Å². The molecule has 2 N–H and O–H groups in total. The lowest BCUT2D eigenvalue weighted by atomic mass is 10.2. The molecule has 1 fully saturated rings. The summed E-state index contributed by atoms with van der Waals surface area (Å²) >= 11 is 0. The quantitative estimate of drug-likeness (QED) is 0.687. The Kier molecular flexibility index (Phi) is 4.77. The Bertz CT molecular complexity index is 1030. The van der Waals surface area contributed by atoms with Crippen molar-refractivity contribution in [2.75, 3.05) is 5.32 Å². The number of rotatable bonds is 6. The number of ether oxygens (including phenoxy) is 1. The molecule has 1 amide bonds. The Labute approximate surface area is 162 Å². The van der Waals surface area contributed by atoms with Gasteiger partial charge in [-0.1, -0.05) is 12.1 Å². The summed E-state index contributed by atoms with van der Waals surface area (Å²) in [6.45, 7) is 1.68. The molecular formula is C21H19N5O2. The predicted molar refractivity (Wildman–Crippen MR) is 104 cm³/mol. The molecule has 140 valence electrons. The van der Waals surface area contributed by atoms with Crippen molar-refractivity contribution in [2.24, 2.45) is 0 Å². The van der Waals surface area contributed by atoms with Crippen molar-refractivity contribution >= 4 is 11.6 Å². The smallest absolute Gasteiger partial charge is 0.265 e. The lowest BCUT2D eigenvalue weighted by molar-refractivity contribution is -0.122. The Morgan fingerprint density at radius 3 is 2.79 bits per heavy atom. The van der Waals surface area contributed by atoms with E-state index in [9.17, 15) is 4.79 Å². The summed E-state index contributed by atoms with van der Waals surface area (Å²) in [4.78, 5) is 17.0. The first-order chi connectivity index (χ1) is 13.6. The van der Waals surface area contributed by atoms with Crippen LogP contribution in [0.5, 0.6) is 5.75 Å². The van der Waals surface area contributed by atoms with Crippen LogP contribution in [0.1, 0.15) is 37.1 Å². The number of nitrogens with one attached hydrogen (secondary N) is 2. The zero-order valence-electron chi connectivity index (χ0n) is 15.3. The number of amides is 1. The molecule has 28 heavy (non-hydrogen) atoms. The van der Waals surface area contributed by atoms with Crippen LogP contribution in [0, 0.1) is 11.3 Å². The molecule has 1 saturated carbocycles. The number of benzene rings is 2. The van der Waals surface area contributed by atoms with E-state index in [1.165, 1.54) is 0 Å². The number of aromatic amines is 1. The molecule has 2 aromatic carbocycles. The van der Waals surface area contributed by atoms with Crippen LogP contribution >= 0.6 is 0 Å². The van der Waals surface area contributed by atoms with Gasteiger partial charge in [0.1, 0.15) is 11.6 Å². The van der Waals surface area contributed by atoms with Gasteiger partial charge in [-0.2, -0.15) is 10.4 Å². The van der Waals surface area contributed by atoms with Crippen LogP contribution in [0.15, 0.2) is 48.5 Å². The molecule has 7 heteroatoms. The van der Waals surface area contributed by atoms with Crippen molar-refractivity contribution in [3.05, 3.63) is 59.9 Å². The lowest BCUT2D eigenvalue weighted by Crippen LogP contribution is -2.30. The molecule has 3 aromatic rings. The number of anilines is 1. The highest BCUT2D eigenvalue weighted by Crippen LogP contribution is 2.38. The summed E-state index contributed by atoms with van der Waals surface area (Å²) in [6.07, 6.45) is 1.62. The average Bonchev–Trinajstić information content (AvgIpc) is 3.45. The topological polar surface area (TPSA) is 104 Å². The maximum atomic E-state index is 12.5.